The molecule has 2 rings (SSSR count). The van der Waals surface area contributed by atoms with Gasteiger partial charge in [0.2, 0.25) is 0 Å². The van der Waals surface area contributed by atoms with Gasteiger partial charge < -0.3 is 9.15 Å². The quantitative estimate of drug-likeness (QED) is 0.736. The number of alkyl halides is 1. The Bertz CT molecular complexity index is 494. The van der Waals surface area contributed by atoms with Crippen molar-refractivity contribution in [1.29, 1.82) is 0 Å². The van der Waals surface area contributed by atoms with Crippen molar-refractivity contribution >= 4 is 31.9 Å². The summed E-state index contributed by atoms with van der Waals surface area (Å²) in [7, 11) is 1.69. The number of hydrogen-bond acceptors (Lipinski definition) is 2. The Morgan fingerprint density at radius 1 is 1.24 bits per heavy atom. The Kier molecular flexibility index (Phi) is 4.29. The first-order valence-electron chi connectivity index (χ1n) is 5.22. The van der Waals surface area contributed by atoms with Crippen LogP contribution in [0.25, 0.3) is 0 Å². The van der Waals surface area contributed by atoms with Gasteiger partial charge in [-0.3, -0.25) is 0 Å². The van der Waals surface area contributed by atoms with Gasteiger partial charge in [0.1, 0.15) is 11.5 Å². The SMILES string of the molecule is COc1ccccc1CC(Br)c1ccc(Br)o1. The van der Waals surface area contributed by atoms with Crippen LogP contribution in [0.4, 0.5) is 0 Å². The molecule has 0 saturated heterocycles. The van der Waals surface area contributed by atoms with Gasteiger partial charge in [0.25, 0.3) is 0 Å². The first-order valence-corrected chi connectivity index (χ1v) is 6.93. The molecule has 0 amide bonds. The molecule has 0 N–H and O–H groups in total. The van der Waals surface area contributed by atoms with Gasteiger partial charge in [0, 0.05) is 0 Å². The van der Waals surface area contributed by atoms with E-state index >= 15 is 0 Å². The van der Waals surface area contributed by atoms with E-state index in [2.05, 4.69) is 37.9 Å². The summed E-state index contributed by atoms with van der Waals surface area (Å²) in [6.45, 7) is 0. The summed E-state index contributed by atoms with van der Waals surface area (Å²) in [5.41, 5.74) is 1.16. The number of furan rings is 1. The van der Waals surface area contributed by atoms with Crippen LogP contribution in [-0.2, 0) is 6.42 Å². The highest BCUT2D eigenvalue weighted by Gasteiger charge is 2.14. The van der Waals surface area contributed by atoms with Gasteiger partial charge in [-0.1, -0.05) is 34.1 Å². The summed E-state index contributed by atoms with van der Waals surface area (Å²) in [6, 6.07) is 11.9. The smallest absolute Gasteiger partial charge is 0.169 e. The Balaban J connectivity index is 2.15. The molecule has 0 aliphatic carbocycles. The average molecular weight is 360 g/mol. The zero-order valence-electron chi connectivity index (χ0n) is 9.32. The second-order valence-corrected chi connectivity index (χ2v) is 5.51. The highest BCUT2D eigenvalue weighted by molar-refractivity contribution is 9.10. The van der Waals surface area contributed by atoms with E-state index in [9.17, 15) is 0 Å². The lowest BCUT2D eigenvalue weighted by molar-refractivity contribution is 0.408. The maximum atomic E-state index is 5.52. The number of methoxy groups -OCH3 is 1. The van der Waals surface area contributed by atoms with E-state index in [-0.39, 0.29) is 4.83 Å². The number of rotatable bonds is 4. The molecule has 0 spiro atoms. The molecular formula is C13H12Br2O2. The van der Waals surface area contributed by atoms with E-state index in [1.54, 1.807) is 7.11 Å². The van der Waals surface area contributed by atoms with Gasteiger partial charge >= 0.3 is 0 Å². The van der Waals surface area contributed by atoms with E-state index in [4.69, 9.17) is 9.15 Å². The third-order valence-corrected chi connectivity index (χ3v) is 3.70. The monoisotopic (exact) mass is 358 g/mol. The standard InChI is InChI=1S/C13H12Br2O2/c1-16-11-5-3-2-4-9(11)8-10(14)12-6-7-13(15)17-12/h2-7,10H,8H2,1H3. The maximum Gasteiger partial charge on any atom is 0.169 e. The predicted octanol–water partition coefficient (Wildman–Crippen LogP) is 4.73. The van der Waals surface area contributed by atoms with Crippen molar-refractivity contribution in [2.45, 2.75) is 11.2 Å². The van der Waals surface area contributed by atoms with Gasteiger partial charge in [0.05, 0.1) is 11.9 Å². The minimum absolute atomic E-state index is 0.144. The van der Waals surface area contributed by atoms with Gasteiger partial charge in [-0.2, -0.15) is 0 Å². The summed E-state index contributed by atoms with van der Waals surface area (Å²) in [5.74, 6) is 1.81. The van der Waals surface area contributed by atoms with Crippen LogP contribution in [0.5, 0.6) is 5.75 Å². The fourth-order valence-corrected chi connectivity index (χ4v) is 2.58. The highest BCUT2D eigenvalue weighted by atomic mass is 79.9. The van der Waals surface area contributed by atoms with E-state index in [0.29, 0.717) is 0 Å². The molecule has 0 bridgehead atoms. The molecule has 1 aromatic heterocycles. The largest absolute Gasteiger partial charge is 0.496 e. The molecule has 0 fully saturated rings. The van der Waals surface area contributed by atoms with Gasteiger partial charge in [-0.25, -0.2) is 0 Å². The fourth-order valence-electron chi connectivity index (χ4n) is 1.66. The predicted molar refractivity (Wildman–Crippen MR) is 74.8 cm³/mol. The third-order valence-electron chi connectivity index (χ3n) is 2.49. The van der Waals surface area contributed by atoms with E-state index in [0.717, 1.165) is 28.2 Å². The minimum atomic E-state index is 0.144. The molecular weight excluding hydrogens is 348 g/mol. The van der Waals surface area contributed by atoms with Crippen LogP contribution < -0.4 is 4.74 Å². The molecule has 1 atom stereocenters. The van der Waals surface area contributed by atoms with E-state index < -0.39 is 0 Å². The van der Waals surface area contributed by atoms with Crippen molar-refractivity contribution in [3.63, 3.8) is 0 Å². The van der Waals surface area contributed by atoms with Crippen LogP contribution in [0, 0.1) is 0 Å². The number of hydrogen-bond donors (Lipinski definition) is 0. The van der Waals surface area contributed by atoms with E-state index in [1.165, 1.54) is 0 Å². The Hall–Kier alpha value is -0.740. The van der Waals surface area contributed by atoms with Gasteiger partial charge in [-0.05, 0) is 46.1 Å². The lowest BCUT2D eigenvalue weighted by Crippen LogP contribution is -1.97. The van der Waals surface area contributed by atoms with Crippen molar-refractivity contribution in [3.05, 3.63) is 52.4 Å². The summed E-state index contributed by atoms with van der Waals surface area (Å²) >= 11 is 6.93. The minimum Gasteiger partial charge on any atom is -0.496 e. The molecule has 0 aliphatic heterocycles. The van der Waals surface area contributed by atoms with Crippen LogP contribution in [0.1, 0.15) is 16.2 Å². The van der Waals surface area contributed by atoms with Crippen molar-refractivity contribution < 1.29 is 9.15 Å². The summed E-state index contributed by atoms with van der Waals surface area (Å²) in [4.78, 5) is 0.144. The number of para-hydroxylation sites is 1. The lowest BCUT2D eigenvalue weighted by atomic mass is 10.1. The van der Waals surface area contributed by atoms with Crippen LogP contribution in [0.15, 0.2) is 45.5 Å². The van der Waals surface area contributed by atoms with Crippen LogP contribution in [-0.4, -0.2) is 7.11 Å². The molecule has 2 nitrogen and oxygen atoms in total. The summed E-state index contributed by atoms with van der Waals surface area (Å²) < 4.78 is 11.6. The molecule has 2 aromatic rings. The van der Waals surface area contributed by atoms with Crippen LogP contribution in [0.3, 0.4) is 0 Å². The van der Waals surface area contributed by atoms with Gasteiger partial charge in [-0.15, -0.1) is 0 Å². The molecule has 0 saturated carbocycles. The first kappa shape index (κ1) is 12.7. The van der Waals surface area contributed by atoms with Crippen molar-refractivity contribution in [2.24, 2.45) is 0 Å². The normalized spacial score (nSPS) is 12.4. The van der Waals surface area contributed by atoms with Crippen molar-refractivity contribution in [1.82, 2.24) is 0 Å². The molecule has 17 heavy (non-hydrogen) atoms. The number of ether oxygens (including phenoxy) is 1. The molecule has 1 aromatic carbocycles. The second-order valence-electron chi connectivity index (χ2n) is 3.63. The second kappa shape index (κ2) is 5.74. The summed E-state index contributed by atoms with van der Waals surface area (Å²) in [5, 5.41) is 0. The zero-order chi connectivity index (χ0) is 12.3. The summed E-state index contributed by atoms with van der Waals surface area (Å²) in [6.07, 6.45) is 0.823. The molecule has 1 unspecified atom stereocenters. The Morgan fingerprint density at radius 3 is 2.65 bits per heavy atom. The topological polar surface area (TPSA) is 22.4 Å². The molecule has 0 aliphatic rings. The average Bonchev–Trinajstić information content (AvgIpc) is 2.77. The van der Waals surface area contributed by atoms with Crippen LogP contribution in [0.2, 0.25) is 0 Å². The van der Waals surface area contributed by atoms with Crippen molar-refractivity contribution in [2.75, 3.05) is 7.11 Å². The fraction of sp³-hybridized carbons (Fsp3) is 0.231. The van der Waals surface area contributed by atoms with E-state index in [1.807, 2.05) is 30.3 Å². The van der Waals surface area contributed by atoms with Crippen molar-refractivity contribution in [3.8, 4) is 5.75 Å². The third kappa shape index (κ3) is 3.13. The molecule has 4 heteroatoms. The van der Waals surface area contributed by atoms with Crippen LogP contribution >= 0.6 is 31.9 Å². The zero-order valence-corrected chi connectivity index (χ0v) is 12.5. The highest BCUT2D eigenvalue weighted by Crippen LogP contribution is 2.32. The first-order chi connectivity index (χ1) is 8.20. The molecule has 0 radical (unpaired) electrons. The maximum absolute atomic E-state index is 5.52. The molecule has 1 heterocycles. The number of benzene rings is 1. The van der Waals surface area contributed by atoms with Gasteiger partial charge in [0.15, 0.2) is 4.67 Å². The lowest BCUT2D eigenvalue weighted by Gasteiger charge is -2.10. The Labute approximate surface area is 117 Å². The Morgan fingerprint density at radius 2 is 2.00 bits per heavy atom. The molecule has 90 valence electrons. The number of halogens is 2.